The van der Waals surface area contributed by atoms with Gasteiger partial charge in [0.1, 0.15) is 6.67 Å². The third-order valence-corrected chi connectivity index (χ3v) is 3.64. The van der Waals surface area contributed by atoms with Gasteiger partial charge in [-0.2, -0.15) is 0 Å². The maximum absolute atomic E-state index is 3.42. The van der Waals surface area contributed by atoms with Crippen LogP contribution in [0, 0.1) is 0 Å². The van der Waals surface area contributed by atoms with Gasteiger partial charge in [-0.3, -0.25) is 5.32 Å². The van der Waals surface area contributed by atoms with Crippen LogP contribution < -0.4 is 20.5 Å². The van der Waals surface area contributed by atoms with E-state index in [2.05, 4.69) is 69.5 Å². The van der Waals surface area contributed by atoms with Crippen LogP contribution in [0.25, 0.3) is 0 Å². The second kappa shape index (κ2) is 7.35. The van der Waals surface area contributed by atoms with Gasteiger partial charge < -0.3 is 10.6 Å². The molecule has 5 nitrogen and oxygen atoms in total. The summed E-state index contributed by atoms with van der Waals surface area (Å²) in [5.41, 5.74) is 3.47. The molecule has 23 heavy (non-hydrogen) atoms. The topological polar surface area (TPSA) is 55.8 Å². The first kappa shape index (κ1) is 15.0. The summed E-state index contributed by atoms with van der Waals surface area (Å²) in [6.07, 6.45) is 3.87. The number of hydrogen-bond acceptors (Lipinski definition) is 3. The highest BCUT2D eigenvalue weighted by atomic mass is 15.2. The first-order valence-corrected chi connectivity index (χ1v) is 7.70. The third-order valence-electron chi connectivity index (χ3n) is 3.64. The largest absolute Gasteiger partial charge is 0.381 e. The van der Waals surface area contributed by atoms with Gasteiger partial charge in [-0.05, 0) is 29.8 Å². The Morgan fingerprint density at radius 2 is 1.57 bits per heavy atom. The number of aromatic amines is 1. The molecule has 0 unspecified atom stereocenters. The van der Waals surface area contributed by atoms with E-state index in [1.165, 1.54) is 5.56 Å². The van der Waals surface area contributed by atoms with Crippen LogP contribution in [0.1, 0.15) is 5.56 Å². The predicted octanol–water partition coefficient (Wildman–Crippen LogP) is 2.93. The molecule has 0 aliphatic heterocycles. The Hall–Kier alpha value is -2.95. The highest BCUT2D eigenvalue weighted by Crippen LogP contribution is 2.14. The van der Waals surface area contributed by atoms with Crippen molar-refractivity contribution in [2.45, 2.75) is 6.54 Å². The van der Waals surface area contributed by atoms with Gasteiger partial charge in [0.25, 0.3) is 0 Å². The first-order chi connectivity index (χ1) is 11.3. The predicted molar refractivity (Wildman–Crippen MR) is 94.3 cm³/mol. The lowest BCUT2D eigenvalue weighted by atomic mass is 10.2. The van der Waals surface area contributed by atoms with Gasteiger partial charge in [0.2, 0.25) is 0 Å². The first-order valence-electron chi connectivity index (χ1n) is 7.70. The van der Waals surface area contributed by atoms with Gasteiger partial charge in [-0.25, -0.2) is 9.55 Å². The van der Waals surface area contributed by atoms with Crippen LogP contribution in [0.2, 0.25) is 0 Å². The van der Waals surface area contributed by atoms with Gasteiger partial charge in [0, 0.05) is 17.9 Å². The van der Waals surface area contributed by atoms with Crippen LogP contribution in [-0.2, 0) is 13.6 Å². The van der Waals surface area contributed by atoms with Crippen LogP contribution in [0.3, 0.4) is 0 Å². The molecule has 0 amide bonds. The van der Waals surface area contributed by atoms with Crippen LogP contribution in [-0.4, -0.2) is 11.7 Å². The Morgan fingerprint density at radius 1 is 0.870 bits per heavy atom. The lowest BCUT2D eigenvalue weighted by molar-refractivity contribution is -0.655. The molecule has 0 fully saturated rings. The summed E-state index contributed by atoms with van der Waals surface area (Å²) in [7, 11) is 1.99. The van der Waals surface area contributed by atoms with Crippen LogP contribution in [0.4, 0.5) is 17.3 Å². The molecule has 5 heteroatoms. The maximum Gasteiger partial charge on any atom is 0.356 e. The smallest absolute Gasteiger partial charge is 0.356 e. The van der Waals surface area contributed by atoms with E-state index in [0.29, 0.717) is 6.67 Å². The fourth-order valence-corrected chi connectivity index (χ4v) is 2.32. The van der Waals surface area contributed by atoms with Crippen molar-refractivity contribution < 1.29 is 4.57 Å². The van der Waals surface area contributed by atoms with E-state index in [9.17, 15) is 0 Å². The van der Waals surface area contributed by atoms with Gasteiger partial charge in [0.05, 0.1) is 19.4 Å². The number of rotatable bonds is 7. The zero-order valence-electron chi connectivity index (χ0n) is 13.2. The van der Waals surface area contributed by atoms with Crippen molar-refractivity contribution in [2.75, 3.05) is 22.6 Å². The molecule has 0 saturated carbocycles. The minimum atomic E-state index is 0.658. The lowest BCUT2D eigenvalue weighted by Crippen LogP contribution is -2.31. The SMILES string of the molecule is C[n+]1cc[nH]c1NCNc1ccc(NCc2ccccc2)cc1. The number of H-pyrrole nitrogens is 1. The van der Waals surface area contributed by atoms with Gasteiger partial charge >= 0.3 is 5.95 Å². The highest BCUT2D eigenvalue weighted by molar-refractivity contribution is 5.54. The normalized spacial score (nSPS) is 10.3. The molecule has 4 N–H and O–H groups in total. The molecule has 0 atom stereocenters. The molecule has 2 aromatic carbocycles. The van der Waals surface area contributed by atoms with Gasteiger partial charge in [-0.15, -0.1) is 0 Å². The highest BCUT2D eigenvalue weighted by Gasteiger charge is 2.03. The number of aromatic nitrogens is 2. The van der Waals surface area contributed by atoms with E-state index in [4.69, 9.17) is 0 Å². The molecule has 0 radical (unpaired) electrons. The Balaban J connectivity index is 1.46. The van der Waals surface area contributed by atoms with E-state index in [0.717, 1.165) is 23.9 Å². The number of anilines is 3. The number of nitrogens with one attached hydrogen (secondary N) is 4. The average molecular weight is 308 g/mol. The molecular formula is C18H22N5+. The van der Waals surface area contributed by atoms with E-state index in [1.807, 2.05) is 30.1 Å². The van der Waals surface area contributed by atoms with E-state index in [1.54, 1.807) is 0 Å². The summed E-state index contributed by atoms with van der Waals surface area (Å²) in [6, 6.07) is 18.7. The second-order valence-electron chi connectivity index (χ2n) is 5.37. The van der Waals surface area contributed by atoms with Crippen molar-refractivity contribution in [3.63, 3.8) is 0 Å². The summed E-state index contributed by atoms with van der Waals surface area (Å²) >= 11 is 0. The molecule has 1 aromatic heterocycles. The summed E-state index contributed by atoms with van der Waals surface area (Å²) in [6.45, 7) is 1.49. The monoisotopic (exact) mass is 308 g/mol. The minimum Gasteiger partial charge on any atom is -0.381 e. The summed E-state index contributed by atoms with van der Waals surface area (Å²) in [4.78, 5) is 3.13. The molecule has 0 saturated heterocycles. The fraction of sp³-hybridized carbons (Fsp3) is 0.167. The Bertz CT molecular complexity index is 719. The molecule has 1 heterocycles. The van der Waals surface area contributed by atoms with Crippen molar-refractivity contribution in [1.82, 2.24) is 4.98 Å². The lowest BCUT2D eigenvalue weighted by Gasteiger charge is -2.09. The van der Waals surface area contributed by atoms with Crippen molar-refractivity contribution in [2.24, 2.45) is 7.05 Å². The van der Waals surface area contributed by atoms with E-state index in [-0.39, 0.29) is 0 Å². The Kier molecular flexibility index (Phi) is 4.79. The molecule has 3 aromatic rings. The second-order valence-corrected chi connectivity index (χ2v) is 5.37. The summed E-state index contributed by atoms with van der Waals surface area (Å²) in [5, 5.41) is 10.0. The molecule has 0 aliphatic carbocycles. The molecule has 0 spiro atoms. The molecule has 0 bridgehead atoms. The Labute approximate surface area is 136 Å². The van der Waals surface area contributed by atoms with Gasteiger partial charge in [0.15, 0.2) is 0 Å². The fourth-order valence-electron chi connectivity index (χ4n) is 2.32. The number of benzene rings is 2. The van der Waals surface area contributed by atoms with Crippen LogP contribution in [0.5, 0.6) is 0 Å². The Morgan fingerprint density at radius 3 is 2.22 bits per heavy atom. The molecule has 0 aliphatic rings. The van der Waals surface area contributed by atoms with Gasteiger partial charge in [-0.1, -0.05) is 30.3 Å². The van der Waals surface area contributed by atoms with Crippen molar-refractivity contribution in [3.8, 4) is 0 Å². The average Bonchev–Trinajstić information content (AvgIpc) is 3.00. The standard InChI is InChI=1S/C18H21N5/c1-23-12-11-19-18(23)22-14-21-17-9-7-16(8-10-17)20-13-15-5-3-2-4-6-15/h2-12,20-21H,13-14H2,1H3,(H,19,22)/p+1. The van der Waals surface area contributed by atoms with Crippen molar-refractivity contribution in [3.05, 3.63) is 72.6 Å². The zero-order chi connectivity index (χ0) is 15.9. The van der Waals surface area contributed by atoms with E-state index >= 15 is 0 Å². The maximum atomic E-state index is 3.42. The number of aryl methyl sites for hydroxylation is 1. The summed E-state index contributed by atoms with van der Waals surface area (Å²) in [5.74, 6) is 0.971. The zero-order valence-corrected chi connectivity index (χ0v) is 13.2. The van der Waals surface area contributed by atoms with Crippen LogP contribution >= 0.6 is 0 Å². The van der Waals surface area contributed by atoms with E-state index < -0.39 is 0 Å². The third kappa shape index (κ3) is 4.26. The van der Waals surface area contributed by atoms with Crippen molar-refractivity contribution >= 4 is 17.3 Å². The van der Waals surface area contributed by atoms with Crippen LogP contribution in [0.15, 0.2) is 67.0 Å². The van der Waals surface area contributed by atoms with Crippen molar-refractivity contribution in [1.29, 1.82) is 0 Å². The molecular weight excluding hydrogens is 286 g/mol. The molecule has 3 rings (SSSR count). The number of nitrogens with zero attached hydrogens (tertiary/aromatic N) is 1. The number of hydrogen-bond donors (Lipinski definition) is 4. The molecule has 118 valence electrons. The summed E-state index contributed by atoms with van der Waals surface area (Å²) < 4.78 is 2.00. The number of imidazole rings is 1. The minimum absolute atomic E-state index is 0.658. The quantitative estimate of drug-likeness (QED) is 0.401.